The Bertz CT molecular complexity index is 516. The van der Waals surface area contributed by atoms with Gasteiger partial charge in [-0.2, -0.15) is 9.61 Å². The highest BCUT2D eigenvalue weighted by molar-refractivity contribution is 5.51. The molecule has 2 N–H and O–H groups in total. The lowest BCUT2D eigenvalue weighted by molar-refractivity contribution is 0.0169. The normalized spacial score (nSPS) is 20.8. The maximum atomic E-state index is 5.83. The SMILES string of the molecule is Nc1ccnc2c(CC3CCCCO3)cnn12. The molecule has 1 aliphatic rings. The third-order valence-electron chi connectivity index (χ3n) is 3.23. The van der Waals surface area contributed by atoms with Crippen molar-refractivity contribution in [3.05, 3.63) is 24.0 Å². The zero-order chi connectivity index (χ0) is 11.7. The number of nitrogens with zero attached hydrogens (tertiary/aromatic N) is 3. The summed E-state index contributed by atoms with van der Waals surface area (Å²) in [6.45, 7) is 0.874. The molecule has 1 saturated heterocycles. The van der Waals surface area contributed by atoms with Crippen molar-refractivity contribution in [1.82, 2.24) is 14.6 Å². The molecule has 1 unspecified atom stereocenters. The first kappa shape index (κ1) is 10.5. The molecule has 2 aromatic heterocycles. The highest BCUT2D eigenvalue weighted by Gasteiger charge is 2.17. The second kappa shape index (κ2) is 4.33. The van der Waals surface area contributed by atoms with Crippen molar-refractivity contribution in [3.8, 4) is 0 Å². The van der Waals surface area contributed by atoms with Crippen LogP contribution in [0.5, 0.6) is 0 Å². The molecule has 5 nitrogen and oxygen atoms in total. The van der Waals surface area contributed by atoms with Crippen LogP contribution in [0.2, 0.25) is 0 Å². The van der Waals surface area contributed by atoms with Gasteiger partial charge in [-0.1, -0.05) is 0 Å². The van der Waals surface area contributed by atoms with Gasteiger partial charge in [-0.05, 0) is 25.3 Å². The molecule has 1 aliphatic heterocycles. The van der Waals surface area contributed by atoms with E-state index in [1.807, 2.05) is 6.20 Å². The first-order chi connectivity index (χ1) is 8.34. The van der Waals surface area contributed by atoms with Crippen LogP contribution in [0.25, 0.3) is 5.65 Å². The number of hydrogen-bond acceptors (Lipinski definition) is 4. The first-order valence-corrected chi connectivity index (χ1v) is 6.03. The molecule has 0 aromatic carbocycles. The van der Waals surface area contributed by atoms with Gasteiger partial charge in [-0.15, -0.1) is 0 Å². The minimum atomic E-state index is 0.306. The molecule has 0 amide bonds. The fourth-order valence-corrected chi connectivity index (χ4v) is 2.31. The fourth-order valence-electron chi connectivity index (χ4n) is 2.31. The van der Waals surface area contributed by atoms with Gasteiger partial charge in [0.05, 0.1) is 12.3 Å². The summed E-state index contributed by atoms with van der Waals surface area (Å²) < 4.78 is 7.41. The van der Waals surface area contributed by atoms with Crippen LogP contribution in [-0.2, 0) is 11.2 Å². The van der Waals surface area contributed by atoms with E-state index in [-0.39, 0.29) is 0 Å². The maximum Gasteiger partial charge on any atom is 0.160 e. The molecule has 90 valence electrons. The smallest absolute Gasteiger partial charge is 0.160 e. The molecular formula is C12H16N4O. The topological polar surface area (TPSA) is 65.4 Å². The van der Waals surface area contributed by atoms with Gasteiger partial charge in [-0.25, -0.2) is 4.98 Å². The Morgan fingerprint density at radius 3 is 3.24 bits per heavy atom. The van der Waals surface area contributed by atoms with Gasteiger partial charge in [0.15, 0.2) is 5.65 Å². The van der Waals surface area contributed by atoms with E-state index >= 15 is 0 Å². The van der Waals surface area contributed by atoms with Crippen molar-refractivity contribution in [1.29, 1.82) is 0 Å². The highest BCUT2D eigenvalue weighted by Crippen LogP contribution is 2.19. The van der Waals surface area contributed by atoms with Crippen molar-refractivity contribution < 1.29 is 4.74 Å². The molecule has 0 spiro atoms. The summed E-state index contributed by atoms with van der Waals surface area (Å²) >= 11 is 0. The maximum absolute atomic E-state index is 5.83. The van der Waals surface area contributed by atoms with Crippen LogP contribution in [0.4, 0.5) is 5.82 Å². The monoisotopic (exact) mass is 232 g/mol. The number of anilines is 1. The van der Waals surface area contributed by atoms with E-state index in [9.17, 15) is 0 Å². The Kier molecular flexibility index (Phi) is 2.68. The van der Waals surface area contributed by atoms with Crippen LogP contribution < -0.4 is 5.73 Å². The van der Waals surface area contributed by atoms with Crippen LogP contribution in [0, 0.1) is 0 Å². The summed E-state index contributed by atoms with van der Waals surface area (Å²) in [4.78, 5) is 4.33. The predicted molar refractivity (Wildman–Crippen MR) is 64.7 cm³/mol. The van der Waals surface area contributed by atoms with Gasteiger partial charge in [0.25, 0.3) is 0 Å². The van der Waals surface area contributed by atoms with Crippen molar-refractivity contribution in [2.24, 2.45) is 0 Å². The van der Waals surface area contributed by atoms with Crippen molar-refractivity contribution in [2.75, 3.05) is 12.3 Å². The molecule has 1 atom stereocenters. The standard InChI is InChI=1S/C12H16N4O/c13-11-4-5-14-12-9(8-15-16(11)12)7-10-3-1-2-6-17-10/h4-5,8,10H,1-3,6-7,13H2. The summed E-state index contributed by atoms with van der Waals surface area (Å²) in [5.41, 5.74) is 7.79. The lowest BCUT2D eigenvalue weighted by atomic mass is 10.0. The number of aromatic nitrogens is 3. The number of fused-ring (bicyclic) bond motifs is 1. The summed E-state index contributed by atoms with van der Waals surface area (Å²) in [5.74, 6) is 0.616. The van der Waals surface area contributed by atoms with Gasteiger partial charge in [-0.3, -0.25) is 0 Å². The number of rotatable bonds is 2. The molecule has 3 heterocycles. The summed E-state index contributed by atoms with van der Waals surface area (Å²) in [5, 5.41) is 4.26. The molecule has 17 heavy (non-hydrogen) atoms. The fraction of sp³-hybridized carbons (Fsp3) is 0.500. The Morgan fingerprint density at radius 2 is 2.41 bits per heavy atom. The highest BCUT2D eigenvalue weighted by atomic mass is 16.5. The van der Waals surface area contributed by atoms with Gasteiger partial charge in [0.2, 0.25) is 0 Å². The summed E-state index contributed by atoms with van der Waals surface area (Å²) in [6.07, 6.45) is 8.30. The van der Waals surface area contributed by atoms with Crippen LogP contribution in [-0.4, -0.2) is 27.3 Å². The molecule has 5 heteroatoms. The van der Waals surface area contributed by atoms with Crippen LogP contribution in [0.15, 0.2) is 18.5 Å². The second-order valence-corrected chi connectivity index (χ2v) is 4.47. The zero-order valence-electron chi connectivity index (χ0n) is 9.67. The molecule has 3 rings (SSSR count). The molecule has 0 saturated carbocycles. The van der Waals surface area contributed by atoms with E-state index in [0.29, 0.717) is 11.9 Å². The van der Waals surface area contributed by atoms with E-state index in [4.69, 9.17) is 10.5 Å². The minimum absolute atomic E-state index is 0.306. The number of nitrogens with two attached hydrogens (primary N) is 1. The predicted octanol–water partition coefficient (Wildman–Crippen LogP) is 1.42. The van der Waals surface area contributed by atoms with E-state index in [1.165, 1.54) is 12.8 Å². The van der Waals surface area contributed by atoms with Gasteiger partial charge in [0.1, 0.15) is 5.82 Å². The lowest BCUT2D eigenvalue weighted by Gasteiger charge is -2.21. The van der Waals surface area contributed by atoms with Crippen LogP contribution >= 0.6 is 0 Å². The second-order valence-electron chi connectivity index (χ2n) is 4.47. The molecular weight excluding hydrogens is 216 g/mol. The van der Waals surface area contributed by atoms with E-state index in [1.54, 1.807) is 16.8 Å². The number of ether oxygens (including phenoxy) is 1. The molecule has 0 radical (unpaired) electrons. The average Bonchev–Trinajstić information content (AvgIpc) is 2.76. The lowest BCUT2D eigenvalue weighted by Crippen LogP contribution is -2.21. The van der Waals surface area contributed by atoms with E-state index in [2.05, 4.69) is 10.1 Å². The van der Waals surface area contributed by atoms with Gasteiger partial charge in [0, 0.05) is 24.8 Å². The third-order valence-corrected chi connectivity index (χ3v) is 3.23. The molecule has 1 fully saturated rings. The largest absolute Gasteiger partial charge is 0.384 e. The third kappa shape index (κ3) is 1.98. The molecule has 0 aliphatic carbocycles. The summed E-state index contributed by atoms with van der Waals surface area (Å²) in [6, 6.07) is 1.75. The first-order valence-electron chi connectivity index (χ1n) is 6.03. The zero-order valence-corrected chi connectivity index (χ0v) is 9.67. The van der Waals surface area contributed by atoms with E-state index < -0.39 is 0 Å². The van der Waals surface area contributed by atoms with Crippen LogP contribution in [0.1, 0.15) is 24.8 Å². The summed E-state index contributed by atoms with van der Waals surface area (Å²) in [7, 11) is 0. The molecule has 2 aromatic rings. The Labute approximate surface area is 99.6 Å². The Hall–Kier alpha value is -1.62. The average molecular weight is 232 g/mol. The van der Waals surface area contributed by atoms with Crippen molar-refractivity contribution in [2.45, 2.75) is 31.8 Å². The van der Waals surface area contributed by atoms with Crippen molar-refractivity contribution in [3.63, 3.8) is 0 Å². The number of hydrogen-bond donors (Lipinski definition) is 1. The van der Waals surface area contributed by atoms with Gasteiger partial charge < -0.3 is 10.5 Å². The Balaban J connectivity index is 1.87. The molecule has 0 bridgehead atoms. The number of nitrogen functional groups attached to an aromatic ring is 1. The Morgan fingerprint density at radius 1 is 1.47 bits per heavy atom. The quantitative estimate of drug-likeness (QED) is 0.850. The van der Waals surface area contributed by atoms with Gasteiger partial charge >= 0.3 is 0 Å². The van der Waals surface area contributed by atoms with Crippen molar-refractivity contribution >= 4 is 11.5 Å². The minimum Gasteiger partial charge on any atom is -0.384 e. The van der Waals surface area contributed by atoms with E-state index in [0.717, 1.165) is 30.7 Å². The van der Waals surface area contributed by atoms with Crippen LogP contribution in [0.3, 0.4) is 0 Å².